The molecule has 2 rings (SSSR count). The molecule has 5 heteroatoms. The Hall–Kier alpha value is -1.20. The average molecular weight is 279 g/mol. The minimum atomic E-state index is 0.206. The van der Waals surface area contributed by atoms with E-state index in [4.69, 9.17) is 23.1 Å². The van der Waals surface area contributed by atoms with Crippen molar-refractivity contribution in [2.45, 2.75) is 38.6 Å². The van der Waals surface area contributed by atoms with Crippen molar-refractivity contribution in [1.82, 2.24) is 4.98 Å². The molecular weight excluding hydrogens is 258 g/mol. The summed E-state index contributed by atoms with van der Waals surface area (Å²) in [6.45, 7) is 2.99. The van der Waals surface area contributed by atoms with Crippen molar-refractivity contribution in [2.24, 2.45) is 5.73 Å². The predicted octanol–water partition coefficient (Wildman–Crippen LogP) is 1.77. The molecule has 1 aromatic rings. The largest absolute Gasteiger partial charge is 0.396 e. The number of rotatable bonds is 6. The van der Waals surface area contributed by atoms with Gasteiger partial charge in [-0.25, -0.2) is 4.98 Å². The van der Waals surface area contributed by atoms with Crippen LogP contribution in [0, 0.1) is 6.92 Å². The normalized spacial score (nSPS) is 15.1. The van der Waals surface area contributed by atoms with Gasteiger partial charge in [0.05, 0.1) is 0 Å². The molecule has 1 aliphatic carbocycles. The molecule has 1 heterocycles. The molecule has 0 amide bonds. The molecule has 0 spiro atoms. The average Bonchev–Trinajstić information content (AvgIpc) is 2.31. The Balaban J connectivity index is 2.26. The maximum Gasteiger partial charge on any atom is 0.129 e. The van der Waals surface area contributed by atoms with Crippen LogP contribution in [0.4, 0.5) is 5.82 Å². The summed E-state index contributed by atoms with van der Waals surface area (Å²) in [5.74, 6) is 0.931. The fraction of sp³-hybridized carbons (Fsp3) is 0.571. The van der Waals surface area contributed by atoms with Gasteiger partial charge < -0.3 is 15.7 Å². The van der Waals surface area contributed by atoms with Gasteiger partial charge in [-0.2, -0.15) is 0 Å². The van der Waals surface area contributed by atoms with E-state index in [9.17, 15) is 0 Å². The predicted molar refractivity (Wildman–Crippen MR) is 81.5 cm³/mol. The highest BCUT2D eigenvalue weighted by Gasteiger charge is 2.26. The van der Waals surface area contributed by atoms with E-state index in [1.54, 1.807) is 0 Å². The number of aromatic nitrogens is 1. The first-order valence-corrected chi connectivity index (χ1v) is 7.18. The van der Waals surface area contributed by atoms with Gasteiger partial charge in [0.2, 0.25) is 0 Å². The van der Waals surface area contributed by atoms with Gasteiger partial charge in [0.15, 0.2) is 0 Å². The number of thiocarbonyl (C=S) groups is 1. The number of nitrogens with zero attached hydrogens (tertiary/aromatic N) is 2. The lowest BCUT2D eigenvalue weighted by molar-refractivity contribution is 0.282. The molecule has 3 N–H and O–H groups in total. The number of nitrogens with two attached hydrogens (primary N) is 1. The number of aliphatic hydroxyl groups is 1. The number of hydrogen-bond donors (Lipinski definition) is 2. The van der Waals surface area contributed by atoms with E-state index in [1.807, 2.05) is 19.1 Å². The Labute approximate surface area is 119 Å². The Bertz CT molecular complexity index is 460. The van der Waals surface area contributed by atoms with E-state index in [2.05, 4.69) is 9.88 Å². The molecule has 0 radical (unpaired) electrons. The molecule has 0 saturated heterocycles. The second-order valence-corrected chi connectivity index (χ2v) is 5.51. The maximum absolute atomic E-state index is 9.04. The summed E-state index contributed by atoms with van der Waals surface area (Å²) in [6.07, 6.45) is 4.43. The van der Waals surface area contributed by atoms with Crippen molar-refractivity contribution in [3.05, 3.63) is 23.4 Å². The lowest BCUT2D eigenvalue weighted by atomic mass is 9.91. The van der Waals surface area contributed by atoms with Crippen LogP contribution in [0.15, 0.2) is 12.1 Å². The second-order valence-electron chi connectivity index (χ2n) is 5.07. The molecule has 0 bridgehead atoms. The van der Waals surface area contributed by atoms with Crippen LogP contribution in [-0.4, -0.2) is 34.3 Å². The number of aryl methyl sites for hydroxylation is 1. The zero-order valence-corrected chi connectivity index (χ0v) is 12.1. The number of aliphatic hydroxyl groups excluding tert-OH is 1. The Morgan fingerprint density at radius 2 is 2.26 bits per heavy atom. The van der Waals surface area contributed by atoms with Crippen molar-refractivity contribution in [3.8, 4) is 0 Å². The third kappa shape index (κ3) is 3.42. The zero-order valence-electron chi connectivity index (χ0n) is 11.3. The first-order valence-electron chi connectivity index (χ1n) is 6.78. The van der Waals surface area contributed by atoms with E-state index in [0.29, 0.717) is 11.0 Å². The van der Waals surface area contributed by atoms with E-state index < -0.39 is 0 Å². The number of anilines is 1. The van der Waals surface area contributed by atoms with E-state index in [0.717, 1.165) is 30.0 Å². The van der Waals surface area contributed by atoms with Crippen LogP contribution < -0.4 is 10.6 Å². The number of pyridine rings is 1. The first kappa shape index (κ1) is 14.2. The van der Waals surface area contributed by atoms with Gasteiger partial charge >= 0.3 is 0 Å². The molecule has 0 aliphatic heterocycles. The smallest absolute Gasteiger partial charge is 0.129 e. The van der Waals surface area contributed by atoms with Gasteiger partial charge in [0.1, 0.15) is 10.8 Å². The lowest BCUT2D eigenvalue weighted by Gasteiger charge is -2.38. The summed E-state index contributed by atoms with van der Waals surface area (Å²) < 4.78 is 0. The molecule has 4 nitrogen and oxygen atoms in total. The van der Waals surface area contributed by atoms with Gasteiger partial charge in [0.25, 0.3) is 0 Å². The second kappa shape index (κ2) is 6.30. The van der Waals surface area contributed by atoms with E-state index >= 15 is 0 Å². The summed E-state index contributed by atoms with van der Waals surface area (Å²) in [6, 6.07) is 4.42. The maximum atomic E-state index is 9.04. The third-order valence-electron chi connectivity index (χ3n) is 3.59. The summed E-state index contributed by atoms with van der Waals surface area (Å²) in [7, 11) is 0. The summed E-state index contributed by atoms with van der Waals surface area (Å²) in [5, 5.41) is 9.04. The van der Waals surface area contributed by atoms with Crippen molar-refractivity contribution >= 4 is 23.0 Å². The first-order chi connectivity index (χ1) is 9.11. The fourth-order valence-electron chi connectivity index (χ4n) is 2.36. The van der Waals surface area contributed by atoms with Gasteiger partial charge in [-0.05, 0) is 44.7 Å². The topological polar surface area (TPSA) is 62.4 Å². The molecular formula is C14H21N3OS. The number of hydrogen-bond acceptors (Lipinski definition) is 4. The van der Waals surface area contributed by atoms with Crippen LogP contribution in [0.25, 0.3) is 0 Å². The molecule has 0 aromatic carbocycles. The monoisotopic (exact) mass is 279 g/mol. The Morgan fingerprint density at radius 3 is 2.79 bits per heavy atom. The fourth-order valence-corrected chi connectivity index (χ4v) is 2.48. The highest BCUT2D eigenvalue weighted by atomic mass is 32.1. The van der Waals surface area contributed by atoms with Crippen molar-refractivity contribution < 1.29 is 5.11 Å². The van der Waals surface area contributed by atoms with Gasteiger partial charge in [-0.3, -0.25) is 0 Å². The SMILES string of the molecule is Cc1cc(C(N)=S)cc(N(CCCO)C2CCC2)n1. The van der Waals surface area contributed by atoms with Gasteiger partial charge in [-0.15, -0.1) is 0 Å². The highest BCUT2D eigenvalue weighted by Crippen LogP contribution is 2.29. The van der Waals surface area contributed by atoms with E-state index in [1.165, 1.54) is 19.3 Å². The molecule has 0 atom stereocenters. The highest BCUT2D eigenvalue weighted by molar-refractivity contribution is 7.80. The van der Waals surface area contributed by atoms with E-state index in [-0.39, 0.29) is 6.61 Å². The van der Waals surface area contributed by atoms with Crippen LogP contribution in [-0.2, 0) is 0 Å². The molecule has 1 aromatic heterocycles. The van der Waals surface area contributed by atoms with Crippen LogP contribution in [0.2, 0.25) is 0 Å². The minimum absolute atomic E-state index is 0.206. The standard InChI is InChI=1S/C14H21N3OS/c1-10-8-11(14(15)19)9-13(16-10)17(6-3-7-18)12-4-2-5-12/h8-9,12,18H,2-7H2,1H3,(H2,15,19). The molecule has 0 unspecified atom stereocenters. The van der Waals surface area contributed by atoms with Gasteiger partial charge in [-0.1, -0.05) is 12.2 Å². The molecule has 1 aliphatic rings. The molecule has 104 valence electrons. The summed E-state index contributed by atoms with van der Waals surface area (Å²) in [4.78, 5) is 7.29. The van der Waals surface area contributed by atoms with Crippen LogP contribution >= 0.6 is 12.2 Å². The quantitative estimate of drug-likeness (QED) is 0.777. The van der Waals surface area contributed by atoms with Crippen LogP contribution in [0.5, 0.6) is 0 Å². The van der Waals surface area contributed by atoms with Gasteiger partial charge in [0, 0.05) is 30.5 Å². The molecule has 1 saturated carbocycles. The Morgan fingerprint density at radius 1 is 1.53 bits per heavy atom. The van der Waals surface area contributed by atoms with Crippen LogP contribution in [0.3, 0.4) is 0 Å². The molecule has 19 heavy (non-hydrogen) atoms. The lowest BCUT2D eigenvalue weighted by Crippen LogP contribution is -2.41. The Kier molecular flexibility index (Phi) is 4.71. The van der Waals surface area contributed by atoms with Crippen molar-refractivity contribution in [1.29, 1.82) is 0 Å². The third-order valence-corrected chi connectivity index (χ3v) is 3.83. The van der Waals surface area contributed by atoms with Crippen molar-refractivity contribution in [3.63, 3.8) is 0 Å². The van der Waals surface area contributed by atoms with Crippen molar-refractivity contribution in [2.75, 3.05) is 18.1 Å². The summed E-state index contributed by atoms with van der Waals surface area (Å²) in [5.41, 5.74) is 7.51. The van der Waals surface area contributed by atoms with Crippen LogP contribution in [0.1, 0.15) is 36.9 Å². The molecule has 1 fully saturated rings. The zero-order chi connectivity index (χ0) is 13.8. The minimum Gasteiger partial charge on any atom is -0.396 e. The summed E-state index contributed by atoms with van der Waals surface area (Å²) >= 11 is 5.05.